The lowest BCUT2D eigenvalue weighted by Crippen LogP contribution is -2.55. The molecule has 2 amide bonds. The molecule has 2 aliphatic heterocycles. The van der Waals surface area contributed by atoms with Crippen LogP contribution in [0.15, 0.2) is 0 Å². The van der Waals surface area contributed by atoms with Crippen molar-refractivity contribution in [1.82, 2.24) is 14.7 Å². The Morgan fingerprint density at radius 2 is 2.10 bits per heavy atom. The van der Waals surface area contributed by atoms with Gasteiger partial charge in [-0.25, -0.2) is 0 Å². The summed E-state index contributed by atoms with van der Waals surface area (Å²) in [7, 11) is 2.02. The predicted molar refractivity (Wildman–Crippen MR) is 75.1 cm³/mol. The Morgan fingerprint density at radius 1 is 1.30 bits per heavy atom. The van der Waals surface area contributed by atoms with Crippen molar-refractivity contribution in [2.24, 2.45) is 0 Å². The van der Waals surface area contributed by atoms with Gasteiger partial charge in [0, 0.05) is 45.2 Å². The molecule has 1 N–H and O–H groups in total. The second-order valence-corrected chi connectivity index (χ2v) is 5.76. The van der Waals surface area contributed by atoms with Crippen molar-refractivity contribution < 1.29 is 14.7 Å². The van der Waals surface area contributed by atoms with E-state index in [2.05, 4.69) is 4.90 Å². The Kier molecular flexibility index (Phi) is 5.37. The largest absolute Gasteiger partial charge is 0.396 e. The van der Waals surface area contributed by atoms with Gasteiger partial charge in [0.25, 0.3) is 0 Å². The van der Waals surface area contributed by atoms with Crippen LogP contribution in [-0.4, -0.2) is 84.0 Å². The lowest BCUT2D eigenvalue weighted by Gasteiger charge is -2.40. The van der Waals surface area contributed by atoms with Crippen LogP contribution in [0.5, 0.6) is 0 Å². The van der Waals surface area contributed by atoms with Gasteiger partial charge in [-0.1, -0.05) is 0 Å². The molecular weight excluding hydrogens is 258 g/mol. The first-order valence-corrected chi connectivity index (χ1v) is 7.48. The van der Waals surface area contributed by atoms with Gasteiger partial charge in [0.05, 0.1) is 6.54 Å². The van der Waals surface area contributed by atoms with Crippen LogP contribution in [0.25, 0.3) is 0 Å². The highest BCUT2D eigenvalue weighted by Crippen LogP contribution is 2.14. The fraction of sp³-hybridized carbons (Fsp3) is 0.857. The fourth-order valence-electron chi connectivity index (χ4n) is 2.93. The predicted octanol–water partition coefficient (Wildman–Crippen LogP) is -0.476. The molecule has 2 saturated heterocycles. The van der Waals surface area contributed by atoms with Crippen LogP contribution < -0.4 is 0 Å². The normalized spacial score (nSPS) is 25.1. The molecule has 2 aliphatic rings. The molecule has 0 aromatic heterocycles. The summed E-state index contributed by atoms with van der Waals surface area (Å²) in [5, 5.41) is 9.07. The molecule has 2 fully saturated rings. The molecule has 0 spiro atoms. The topological polar surface area (TPSA) is 64.1 Å². The third-order valence-corrected chi connectivity index (χ3v) is 4.34. The molecule has 0 saturated carbocycles. The zero-order chi connectivity index (χ0) is 14.5. The first kappa shape index (κ1) is 15.3. The summed E-state index contributed by atoms with van der Waals surface area (Å²) < 4.78 is 0. The van der Waals surface area contributed by atoms with Gasteiger partial charge < -0.3 is 14.9 Å². The van der Waals surface area contributed by atoms with Crippen molar-refractivity contribution in [2.75, 3.05) is 46.4 Å². The van der Waals surface area contributed by atoms with E-state index < -0.39 is 0 Å². The van der Waals surface area contributed by atoms with E-state index in [9.17, 15) is 9.59 Å². The molecule has 0 aliphatic carbocycles. The lowest BCUT2D eigenvalue weighted by atomic mass is 10.1. The number of likely N-dealkylation sites (tertiary alicyclic amines) is 1. The van der Waals surface area contributed by atoms with E-state index in [1.54, 1.807) is 4.90 Å². The molecule has 1 atom stereocenters. The SMILES string of the molecule is CN1CCN(C(=O)CN2CCCCC2=O)C[C@H]1CCO. The van der Waals surface area contributed by atoms with Crippen LogP contribution in [-0.2, 0) is 9.59 Å². The van der Waals surface area contributed by atoms with Crippen molar-refractivity contribution in [2.45, 2.75) is 31.7 Å². The van der Waals surface area contributed by atoms with Crippen LogP contribution in [0.2, 0.25) is 0 Å². The number of carbonyl (C=O) groups excluding carboxylic acids is 2. The number of amides is 2. The molecule has 114 valence electrons. The number of nitrogens with zero attached hydrogens (tertiary/aromatic N) is 3. The minimum atomic E-state index is 0.0382. The summed E-state index contributed by atoms with van der Waals surface area (Å²) in [4.78, 5) is 29.8. The van der Waals surface area contributed by atoms with Crippen molar-refractivity contribution >= 4 is 11.8 Å². The molecule has 0 aromatic rings. The van der Waals surface area contributed by atoms with E-state index in [0.29, 0.717) is 32.5 Å². The maximum absolute atomic E-state index is 12.3. The van der Waals surface area contributed by atoms with Gasteiger partial charge in [-0.15, -0.1) is 0 Å². The van der Waals surface area contributed by atoms with Gasteiger partial charge in [-0.2, -0.15) is 0 Å². The Balaban J connectivity index is 1.87. The van der Waals surface area contributed by atoms with Crippen LogP contribution >= 0.6 is 0 Å². The van der Waals surface area contributed by atoms with Gasteiger partial charge in [0.15, 0.2) is 0 Å². The molecule has 0 aromatic carbocycles. The third kappa shape index (κ3) is 3.70. The quantitative estimate of drug-likeness (QED) is 0.757. The fourth-order valence-corrected chi connectivity index (χ4v) is 2.93. The summed E-state index contributed by atoms with van der Waals surface area (Å²) in [6.07, 6.45) is 3.19. The highest BCUT2D eigenvalue weighted by atomic mass is 16.3. The van der Waals surface area contributed by atoms with Gasteiger partial charge in [0.2, 0.25) is 11.8 Å². The van der Waals surface area contributed by atoms with Crippen molar-refractivity contribution in [1.29, 1.82) is 0 Å². The molecule has 2 rings (SSSR count). The second-order valence-electron chi connectivity index (χ2n) is 5.76. The number of likely N-dealkylation sites (N-methyl/N-ethyl adjacent to an activating group) is 1. The number of hydrogen-bond acceptors (Lipinski definition) is 4. The van der Waals surface area contributed by atoms with E-state index in [-0.39, 0.29) is 31.0 Å². The molecule has 6 nitrogen and oxygen atoms in total. The second kappa shape index (κ2) is 7.04. The Labute approximate surface area is 120 Å². The Hall–Kier alpha value is -1.14. The summed E-state index contributed by atoms with van der Waals surface area (Å²) in [6, 6.07) is 0.217. The van der Waals surface area contributed by atoms with E-state index in [4.69, 9.17) is 5.11 Å². The first-order valence-electron chi connectivity index (χ1n) is 7.48. The molecule has 0 unspecified atom stereocenters. The summed E-state index contributed by atoms with van der Waals surface area (Å²) in [6.45, 7) is 3.25. The summed E-state index contributed by atoms with van der Waals surface area (Å²) >= 11 is 0. The monoisotopic (exact) mass is 283 g/mol. The average Bonchev–Trinajstić information content (AvgIpc) is 2.44. The Morgan fingerprint density at radius 3 is 2.80 bits per heavy atom. The molecule has 6 heteroatoms. The highest BCUT2D eigenvalue weighted by Gasteiger charge is 2.29. The first-order chi connectivity index (χ1) is 9.61. The molecular formula is C14H25N3O3. The maximum atomic E-state index is 12.3. The van der Waals surface area contributed by atoms with E-state index in [0.717, 1.165) is 19.4 Å². The number of carbonyl (C=O) groups is 2. The highest BCUT2D eigenvalue weighted by molar-refractivity contribution is 5.85. The van der Waals surface area contributed by atoms with Crippen LogP contribution in [0.3, 0.4) is 0 Å². The average molecular weight is 283 g/mol. The van der Waals surface area contributed by atoms with Gasteiger partial charge in [-0.3, -0.25) is 14.5 Å². The zero-order valence-corrected chi connectivity index (χ0v) is 12.3. The number of piperidine rings is 1. The van der Waals surface area contributed by atoms with Crippen LogP contribution in [0.1, 0.15) is 25.7 Å². The smallest absolute Gasteiger partial charge is 0.242 e. The summed E-state index contributed by atoms with van der Waals surface area (Å²) in [5.74, 6) is 0.141. The van der Waals surface area contributed by atoms with Crippen molar-refractivity contribution in [3.05, 3.63) is 0 Å². The van der Waals surface area contributed by atoms with E-state index in [1.165, 1.54) is 0 Å². The van der Waals surface area contributed by atoms with E-state index >= 15 is 0 Å². The van der Waals surface area contributed by atoms with Crippen LogP contribution in [0, 0.1) is 0 Å². The number of aliphatic hydroxyl groups is 1. The number of piperazine rings is 1. The molecule has 20 heavy (non-hydrogen) atoms. The number of aliphatic hydroxyl groups excluding tert-OH is 1. The standard InChI is InChI=1S/C14H25N3O3/c1-15-7-8-17(10-12(15)5-9-18)14(20)11-16-6-3-2-4-13(16)19/h12,18H,2-11H2,1H3/t12-/m1/s1. The van der Waals surface area contributed by atoms with Crippen LogP contribution in [0.4, 0.5) is 0 Å². The summed E-state index contributed by atoms with van der Waals surface area (Å²) in [5.41, 5.74) is 0. The minimum absolute atomic E-state index is 0.0382. The minimum Gasteiger partial charge on any atom is -0.396 e. The zero-order valence-electron chi connectivity index (χ0n) is 12.3. The van der Waals surface area contributed by atoms with E-state index in [1.807, 2.05) is 11.9 Å². The molecule has 0 bridgehead atoms. The molecule has 0 radical (unpaired) electrons. The lowest BCUT2D eigenvalue weighted by molar-refractivity contribution is -0.143. The molecule has 2 heterocycles. The van der Waals surface area contributed by atoms with Crippen molar-refractivity contribution in [3.63, 3.8) is 0 Å². The van der Waals surface area contributed by atoms with Crippen molar-refractivity contribution in [3.8, 4) is 0 Å². The number of rotatable bonds is 4. The Bertz CT molecular complexity index is 362. The number of hydrogen-bond donors (Lipinski definition) is 1. The third-order valence-electron chi connectivity index (χ3n) is 4.34. The maximum Gasteiger partial charge on any atom is 0.242 e. The van der Waals surface area contributed by atoms with Gasteiger partial charge in [-0.05, 0) is 26.3 Å². The van der Waals surface area contributed by atoms with Gasteiger partial charge >= 0.3 is 0 Å². The van der Waals surface area contributed by atoms with Gasteiger partial charge in [0.1, 0.15) is 0 Å².